The summed E-state index contributed by atoms with van der Waals surface area (Å²) in [5.41, 5.74) is -1.74. The lowest BCUT2D eigenvalue weighted by molar-refractivity contribution is -0.433. The quantitative estimate of drug-likeness (QED) is 0.360. The smallest absolute Gasteiger partial charge is 0.415 e. The van der Waals surface area contributed by atoms with Crippen molar-refractivity contribution in [3.63, 3.8) is 0 Å². The summed E-state index contributed by atoms with van der Waals surface area (Å²) in [6, 6.07) is 0. The van der Waals surface area contributed by atoms with Crippen LogP contribution in [-0.2, 0) is 23.7 Å². The maximum Gasteiger partial charge on any atom is 0.415 e. The third kappa shape index (κ3) is 2.67. The fraction of sp³-hybridized carbons (Fsp3) is 0.833. The van der Waals surface area contributed by atoms with E-state index in [1.807, 2.05) is 13.8 Å². The van der Waals surface area contributed by atoms with E-state index in [-0.39, 0.29) is 29.5 Å². The molecule has 0 radical (unpaired) electrons. The molecule has 0 amide bonds. The molecule has 0 aliphatic heterocycles. The summed E-state index contributed by atoms with van der Waals surface area (Å²) in [6.45, 7) is 5.25. The fourth-order valence-electron chi connectivity index (χ4n) is 3.19. The summed E-state index contributed by atoms with van der Waals surface area (Å²) < 4.78 is 35.1. The molecule has 3 fully saturated rings. The number of ether oxygens (including phenoxy) is 1. The van der Waals surface area contributed by atoms with Crippen molar-refractivity contribution in [3.8, 4) is 0 Å². The molecule has 9 heteroatoms. The van der Waals surface area contributed by atoms with E-state index < -0.39 is 28.9 Å². The Morgan fingerprint density at radius 2 is 2.05 bits per heavy atom. The number of halogens is 2. The van der Waals surface area contributed by atoms with Crippen LogP contribution in [-0.4, -0.2) is 27.9 Å². The number of rotatable bonds is 5. The zero-order valence-corrected chi connectivity index (χ0v) is 12.5. The molecule has 21 heavy (non-hydrogen) atoms. The molecule has 0 heterocycles. The lowest BCUT2D eigenvalue weighted by atomic mass is 9.45. The minimum absolute atomic E-state index is 0.149. The second-order valence-electron chi connectivity index (χ2n) is 6.24. The Morgan fingerprint density at radius 1 is 1.43 bits per heavy atom. The Morgan fingerprint density at radius 3 is 2.52 bits per heavy atom. The molecular weight excluding hydrogens is 310 g/mol. The van der Waals surface area contributed by atoms with Gasteiger partial charge < -0.3 is 4.74 Å². The zero-order chi connectivity index (χ0) is 16.1. The third-order valence-electron chi connectivity index (χ3n) is 4.67. The molecule has 3 aliphatic carbocycles. The molecule has 3 saturated carbocycles. The van der Waals surface area contributed by atoms with Crippen LogP contribution in [0.5, 0.6) is 0 Å². The van der Waals surface area contributed by atoms with Crippen molar-refractivity contribution in [1.29, 1.82) is 0 Å². The maximum absolute atomic E-state index is 13.4. The predicted molar refractivity (Wildman–Crippen MR) is 66.8 cm³/mol. The van der Waals surface area contributed by atoms with Crippen LogP contribution in [0.15, 0.2) is 0 Å². The van der Waals surface area contributed by atoms with Gasteiger partial charge in [-0.15, -0.1) is 4.33 Å². The van der Waals surface area contributed by atoms with Crippen molar-refractivity contribution >= 4 is 23.8 Å². The fourth-order valence-corrected chi connectivity index (χ4v) is 3.42. The first-order chi connectivity index (χ1) is 9.54. The number of hydrogen-bond donors (Lipinski definition) is 1. The van der Waals surface area contributed by atoms with Gasteiger partial charge in [-0.05, 0) is 31.1 Å². The Labute approximate surface area is 124 Å². The number of carbonyl (C=O) groups excluding carboxylic acids is 2. The highest BCUT2D eigenvalue weighted by Crippen LogP contribution is 2.60. The highest BCUT2D eigenvalue weighted by Gasteiger charge is 2.64. The van der Waals surface area contributed by atoms with Crippen LogP contribution in [0.4, 0.5) is 8.78 Å². The SMILES string of the molecule is CC1(OC(=O)C(F)(F)SOOO)CC2CC(C1=O)C2(C)C. The van der Waals surface area contributed by atoms with Crippen LogP contribution in [0.25, 0.3) is 0 Å². The van der Waals surface area contributed by atoms with Gasteiger partial charge in [0.25, 0.3) is 0 Å². The number of carbonyl (C=O) groups is 2. The average Bonchev–Trinajstić information content (AvgIpc) is 2.39. The molecule has 0 aromatic rings. The minimum Gasteiger partial charge on any atom is -0.446 e. The molecule has 120 valence electrons. The molecule has 3 rings (SSSR count). The van der Waals surface area contributed by atoms with E-state index in [4.69, 9.17) is 9.99 Å². The molecule has 1 N–H and O–H groups in total. The Kier molecular flexibility index (Phi) is 4.07. The number of hydrogen-bond acceptors (Lipinski definition) is 7. The normalized spacial score (nSPS) is 34.3. The van der Waals surface area contributed by atoms with Gasteiger partial charge in [-0.3, -0.25) is 4.79 Å². The molecule has 3 atom stereocenters. The molecule has 0 saturated heterocycles. The van der Waals surface area contributed by atoms with E-state index in [2.05, 4.69) is 9.37 Å². The second-order valence-corrected chi connectivity index (χ2v) is 7.05. The van der Waals surface area contributed by atoms with E-state index in [1.165, 1.54) is 6.92 Å². The second kappa shape index (κ2) is 5.15. The standard InChI is InChI=1S/C12H16F2O6S/c1-10(2)6-4-7(10)8(15)11(3,5-6)18-9(16)12(13,14)21-20-19-17/h6-7,17H,4-5H2,1-3H3. The van der Waals surface area contributed by atoms with Gasteiger partial charge in [-0.2, -0.15) is 8.78 Å². The van der Waals surface area contributed by atoms with E-state index >= 15 is 0 Å². The summed E-state index contributed by atoms with van der Waals surface area (Å²) in [5, 5.41) is 6.77. The van der Waals surface area contributed by atoms with Crippen LogP contribution in [0.1, 0.15) is 33.6 Å². The lowest BCUT2D eigenvalue weighted by Crippen LogP contribution is -2.64. The summed E-state index contributed by atoms with van der Waals surface area (Å²) in [5.74, 6) is -2.37. The zero-order valence-electron chi connectivity index (χ0n) is 11.7. The molecule has 2 bridgehead atoms. The third-order valence-corrected chi connectivity index (χ3v) is 5.17. The number of ketones is 1. The van der Waals surface area contributed by atoms with Crippen LogP contribution in [0, 0.1) is 17.3 Å². The molecule has 3 unspecified atom stereocenters. The monoisotopic (exact) mass is 326 g/mol. The van der Waals surface area contributed by atoms with Crippen LogP contribution >= 0.6 is 12.0 Å². The average molecular weight is 326 g/mol. The van der Waals surface area contributed by atoms with Gasteiger partial charge in [0.05, 0.1) is 0 Å². The van der Waals surface area contributed by atoms with Crippen LogP contribution < -0.4 is 0 Å². The van der Waals surface area contributed by atoms with Gasteiger partial charge in [-0.25, -0.2) is 10.1 Å². The topological polar surface area (TPSA) is 82.1 Å². The summed E-state index contributed by atoms with van der Waals surface area (Å²) in [7, 11) is 0. The number of Topliss-reactive ketones (excluding diaryl/α,β-unsaturated/α-hetero) is 1. The van der Waals surface area contributed by atoms with Gasteiger partial charge >= 0.3 is 11.2 Å². The van der Waals surface area contributed by atoms with Crippen molar-refractivity contribution in [2.45, 2.75) is 44.5 Å². The molecule has 6 nitrogen and oxygen atoms in total. The largest absolute Gasteiger partial charge is 0.446 e. The molecule has 0 aromatic carbocycles. The van der Waals surface area contributed by atoms with Crippen molar-refractivity contribution in [2.24, 2.45) is 17.3 Å². The van der Waals surface area contributed by atoms with E-state index in [1.54, 1.807) is 0 Å². The molecule has 3 aliphatic rings. The van der Waals surface area contributed by atoms with E-state index in [9.17, 15) is 18.4 Å². The number of esters is 1. The van der Waals surface area contributed by atoms with Crippen molar-refractivity contribution in [1.82, 2.24) is 0 Å². The Bertz CT molecular complexity index is 469. The maximum atomic E-state index is 13.4. The van der Waals surface area contributed by atoms with Crippen molar-refractivity contribution in [3.05, 3.63) is 0 Å². The van der Waals surface area contributed by atoms with E-state index in [0.717, 1.165) is 0 Å². The van der Waals surface area contributed by atoms with Gasteiger partial charge in [-0.1, -0.05) is 18.9 Å². The Balaban J connectivity index is 2.06. The summed E-state index contributed by atoms with van der Waals surface area (Å²) >= 11 is -0.704. The summed E-state index contributed by atoms with van der Waals surface area (Å²) in [4.78, 5) is 23.9. The van der Waals surface area contributed by atoms with Gasteiger partial charge in [0.2, 0.25) is 0 Å². The highest BCUT2D eigenvalue weighted by molar-refractivity contribution is 7.96. The first kappa shape index (κ1) is 16.6. The predicted octanol–water partition coefficient (Wildman–Crippen LogP) is 2.59. The van der Waals surface area contributed by atoms with E-state index in [0.29, 0.717) is 6.42 Å². The Hall–Kier alpha value is -0.770. The highest BCUT2D eigenvalue weighted by atomic mass is 32.2. The van der Waals surface area contributed by atoms with Crippen LogP contribution in [0.3, 0.4) is 0 Å². The summed E-state index contributed by atoms with van der Waals surface area (Å²) in [6.07, 6.45) is 0.921. The first-order valence-corrected chi connectivity index (χ1v) is 7.10. The van der Waals surface area contributed by atoms with Crippen molar-refractivity contribution < 1.29 is 37.7 Å². The van der Waals surface area contributed by atoms with Gasteiger partial charge in [0.15, 0.2) is 11.4 Å². The first-order valence-electron chi connectivity index (χ1n) is 6.36. The molecule has 0 spiro atoms. The van der Waals surface area contributed by atoms with Crippen molar-refractivity contribution in [2.75, 3.05) is 0 Å². The van der Waals surface area contributed by atoms with Gasteiger partial charge in [0.1, 0.15) is 12.0 Å². The molecular formula is C12H16F2O6S. The number of fused-ring (bicyclic) bond motifs is 2. The van der Waals surface area contributed by atoms with Gasteiger partial charge in [0, 0.05) is 5.92 Å². The lowest BCUT2D eigenvalue weighted by Gasteiger charge is -2.59. The number of alkyl halides is 2. The molecule has 0 aromatic heterocycles. The minimum atomic E-state index is -4.09. The van der Waals surface area contributed by atoms with Crippen LogP contribution in [0.2, 0.25) is 0 Å².